The molecule has 0 saturated carbocycles. The lowest BCUT2D eigenvalue weighted by molar-refractivity contribution is 0.186. The Morgan fingerprint density at radius 3 is 2.92 bits per heavy atom. The Morgan fingerprint density at radius 1 is 1.32 bits per heavy atom. The van der Waals surface area contributed by atoms with Crippen LogP contribution in [0.4, 0.5) is 0 Å². The summed E-state index contributed by atoms with van der Waals surface area (Å²) in [5.41, 5.74) is 5.27. The Bertz CT molecular complexity index is 866. The summed E-state index contributed by atoms with van der Waals surface area (Å²) < 4.78 is 7.91. The topological polar surface area (TPSA) is 72.9 Å². The number of aryl methyl sites for hydroxylation is 2. The van der Waals surface area contributed by atoms with Gasteiger partial charge in [0, 0.05) is 31.4 Å². The molecule has 0 N–H and O–H groups in total. The van der Waals surface area contributed by atoms with E-state index >= 15 is 0 Å². The van der Waals surface area contributed by atoms with Crippen LogP contribution in [0.15, 0.2) is 16.1 Å². The third kappa shape index (κ3) is 3.23. The number of aromatic nitrogens is 5. The van der Waals surface area contributed by atoms with Gasteiger partial charge in [0.1, 0.15) is 4.88 Å². The van der Waals surface area contributed by atoms with Crippen molar-refractivity contribution in [3.05, 3.63) is 34.5 Å². The van der Waals surface area contributed by atoms with Gasteiger partial charge in [-0.3, -0.25) is 9.58 Å². The Morgan fingerprint density at radius 2 is 2.20 bits per heavy atom. The molecule has 132 valence electrons. The molecule has 0 unspecified atom stereocenters. The molecule has 4 heterocycles. The summed E-state index contributed by atoms with van der Waals surface area (Å²) in [6, 6.07) is 0. The van der Waals surface area contributed by atoms with Crippen molar-refractivity contribution in [3.63, 3.8) is 0 Å². The van der Waals surface area contributed by atoms with Crippen LogP contribution in [0.5, 0.6) is 0 Å². The van der Waals surface area contributed by atoms with Crippen LogP contribution >= 0.6 is 11.3 Å². The summed E-state index contributed by atoms with van der Waals surface area (Å²) in [4.78, 5) is 7.69. The zero-order valence-corrected chi connectivity index (χ0v) is 15.6. The average molecular weight is 358 g/mol. The Kier molecular flexibility index (Phi) is 4.39. The van der Waals surface area contributed by atoms with Gasteiger partial charge in [0.25, 0.3) is 5.89 Å². The minimum absolute atomic E-state index is 0.292. The third-order valence-corrected chi connectivity index (χ3v) is 5.88. The van der Waals surface area contributed by atoms with E-state index in [0.717, 1.165) is 48.9 Å². The summed E-state index contributed by atoms with van der Waals surface area (Å²) in [5, 5.41) is 12.9. The monoisotopic (exact) mass is 358 g/mol. The molecule has 0 amide bonds. The maximum absolute atomic E-state index is 5.98. The van der Waals surface area contributed by atoms with Crippen molar-refractivity contribution in [3.8, 4) is 10.8 Å². The third-order valence-electron chi connectivity index (χ3n) is 4.97. The van der Waals surface area contributed by atoms with Crippen molar-refractivity contribution >= 4 is 11.3 Å². The van der Waals surface area contributed by atoms with Crippen LogP contribution in [0.25, 0.3) is 10.8 Å². The van der Waals surface area contributed by atoms with Gasteiger partial charge in [0.2, 0.25) is 5.89 Å². The summed E-state index contributed by atoms with van der Waals surface area (Å²) in [6.07, 6.45) is 4.20. The van der Waals surface area contributed by atoms with Crippen LogP contribution in [-0.4, -0.2) is 43.0 Å². The first kappa shape index (κ1) is 16.4. The van der Waals surface area contributed by atoms with Gasteiger partial charge in [0.05, 0.1) is 23.3 Å². The van der Waals surface area contributed by atoms with Crippen molar-refractivity contribution in [2.75, 3.05) is 13.1 Å². The van der Waals surface area contributed by atoms with Gasteiger partial charge in [-0.15, -0.1) is 21.5 Å². The molecular formula is C17H22N6OS. The molecule has 1 saturated heterocycles. The van der Waals surface area contributed by atoms with E-state index in [4.69, 9.17) is 4.42 Å². The molecule has 0 aliphatic carbocycles. The molecule has 4 rings (SSSR count). The summed E-state index contributed by atoms with van der Waals surface area (Å²) >= 11 is 1.54. The molecule has 1 aliphatic heterocycles. The number of nitrogens with zero attached hydrogens (tertiary/aromatic N) is 6. The fourth-order valence-corrected chi connectivity index (χ4v) is 4.06. The highest BCUT2D eigenvalue weighted by molar-refractivity contribution is 7.13. The first-order valence-electron chi connectivity index (χ1n) is 8.55. The molecule has 0 spiro atoms. The number of likely N-dealkylation sites (tertiary alicyclic amines) is 1. The lowest BCUT2D eigenvalue weighted by Gasteiger charge is -2.30. The summed E-state index contributed by atoms with van der Waals surface area (Å²) in [5.74, 6) is 1.63. The van der Waals surface area contributed by atoms with E-state index in [0.29, 0.717) is 11.8 Å². The minimum atomic E-state index is 0.292. The van der Waals surface area contributed by atoms with Crippen molar-refractivity contribution in [1.29, 1.82) is 0 Å². The Balaban J connectivity index is 1.47. The molecule has 0 aromatic carbocycles. The van der Waals surface area contributed by atoms with Gasteiger partial charge < -0.3 is 4.42 Å². The summed E-state index contributed by atoms with van der Waals surface area (Å²) in [7, 11) is 1.99. The molecule has 3 aromatic rings. The lowest BCUT2D eigenvalue weighted by atomic mass is 9.97. The van der Waals surface area contributed by atoms with Gasteiger partial charge in [0.15, 0.2) is 0 Å². The first-order valence-corrected chi connectivity index (χ1v) is 9.43. The van der Waals surface area contributed by atoms with Gasteiger partial charge in [-0.1, -0.05) is 0 Å². The second-order valence-electron chi connectivity index (χ2n) is 6.67. The normalized spacial score (nSPS) is 18.8. The maximum atomic E-state index is 5.98. The second-order valence-corrected chi connectivity index (χ2v) is 7.52. The molecule has 7 nitrogen and oxygen atoms in total. The van der Waals surface area contributed by atoms with E-state index in [1.54, 1.807) is 11.3 Å². The van der Waals surface area contributed by atoms with Crippen LogP contribution in [0, 0.1) is 13.8 Å². The quantitative estimate of drug-likeness (QED) is 0.714. The molecule has 1 fully saturated rings. The molecule has 1 atom stereocenters. The fraction of sp³-hybridized carbons (Fsp3) is 0.529. The molecule has 1 aliphatic rings. The van der Waals surface area contributed by atoms with Crippen molar-refractivity contribution in [2.45, 2.75) is 39.2 Å². The minimum Gasteiger partial charge on any atom is -0.419 e. The smallest absolute Gasteiger partial charge is 0.259 e. The number of thiazole rings is 1. The number of rotatable bonds is 4. The first-order chi connectivity index (χ1) is 12.1. The largest absolute Gasteiger partial charge is 0.419 e. The summed E-state index contributed by atoms with van der Waals surface area (Å²) in [6.45, 7) is 7.04. The molecule has 0 radical (unpaired) electrons. The van der Waals surface area contributed by atoms with Gasteiger partial charge in [-0.25, -0.2) is 4.98 Å². The Labute approximate surface area is 150 Å². The molecular weight excluding hydrogens is 336 g/mol. The van der Waals surface area contributed by atoms with Gasteiger partial charge in [-0.05, 0) is 33.2 Å². The van der Waals surface area contributed by atoms with Crippen molar-refractivity contribution in [2.24, 2.45) is 7.05 Å². The van der Waals surface area contributed by atoms with E-state index in [1.165, 1.54) is 11.3 Å². The molecule has 0 bridgehead atoms. The van der Waals surface area contributed by atoms with Crippen LogP contribution < -0.4 is 0 Å². The average Bonchev–Trinajstić information content (AvgIpc) is 3.32. The van der Waals surface area contributed by atoms with Crippen LogP contribution in [0.2, 0.25) is 0 Å². The zero-order chi connectivity index (χ0) is 17.4. The lowest BCUT2D eigenvalue weighted by Crippen LogP contribution is -2.34. The van der Waals surface area contributed by atoms with E-state index in [2.05, 4.69) is 32.1 Å². The predicted octanol–water partition coefficient (Wildman–Crippen LogP) is 2.92. The zero-order valence-electron chi connectivity index (χ0n) is 14.8. The van der Waals surface area contributed by atoms with Crippen molar-refractivity contribution in [1.82, 2.24) is 29.9 Å². The van der Waals surface area contributed by atoms with Gasteiger partial charge in [-0.2, -0.15) is 5.10 Å². The predicted molar refractivity (Wildman–Crippen MR) is 95.3 cm³/mol. The van der Waals surface area contributed by atoms with Gasteiger partial charge >= 0.3 is 0 Å². The van der Waals surface area contributed by atoms with Crippen molar-refractivity contribution < 1.29 is 4.42 Å². The standard InChI is InChI=1S/C17H22N6OS/c1-11-15(25-10-18-11)17-21-20-16(24-17)13-5-4-6-23(8-13)9-14-7-19-22(3)12(14)2/h7,10,13H,4-6,8-9H2,1-3H3/t13-/m0/s1. The number of hydrogen-bond acceptors (Lipinski definition) is 7. The Hall–Kier alpha value is -2.06. The van der Waals surface area contributed by atoms with E-state index in [9.17, 15) is 0 Å². The fourth-order valence-electron chi connectivity index (χ4n) is 3.34. The number of hydrogen-bond donors (Lipinski definition) is 0. The molecule has 8 heteroatoms. The van der Waals surface area contributed by atoms with Crippen LogP contribution in [-0.2, 0) is 13.6 Å². The second kappa shape index (κ2) is 6.68. The highest BCUT2D eigenvalue weighted by Gasteiger charge is 2.27. The van der Waals surface area contributed by atoms with E-state index < -0.39 is 0 Å². The molecule has 3 aromatic heterocycles. The SMILES string of the molecule is Cc1ncsc1-c1nnc([C@H]2CCCN(Cc3cnn(C)c3C)C2)o1. The van der Waals surface area contributed by atoms with Crippen LogP contribution in [0.3, 0.4) is 0 Å². The molecule has 25 heavy (non-hydrogen) atoms. The number of piperidine rings is 1. The highest BCUT2D eigenvalue weighted by atomic mass is 32.1. The van der Waals surface area contributed by atoms with E-state index in [-0.39, 0.29) is 0 Å². The maximum Gasteiger partial charge on any atom is 0.259 e. The highest BCUT2D eigenvalue weighted by Crippen LogP contribution is 2.31. The van der Waals surface area contributed by atoms with E-state index in [1.807, 2.05) is 30.4 Å². The van der Waals surface area contributed by atoms with Crippen LogP contribution in [0.1, 0.15) is 41.6 Å².